The Hall–Kier alpha value is -2.50. The second kappa shape index (κ2) is 23.0. The Morgan fingerprint density at radius 2 is 0.486 bits per heavy atom. The molecule has 0 aliphatic carbocycles. The summed E-state index contributed by atoms with van der Waals surface area (Å²) in [4.78, 5) is 0. The summed E-state index contributed by atoms with van der Waals surface area (Å²) in [6.45, 7) is -1.41. The lowest BCUT2D eigenvalue weighted by molar-refractivity contribution is -0.461. The van der Waals surface area contributed by atoms with Crippen molar-refractivity contribution in [2.24, 2.45) is 0 Å². The predicted octanol–water partition coefficient (Wildman–Crippen LogP) is 15.9. The Bertz CT molecular complexity index is 1650. The molecule has 3 nitrogen and oxygen atoms in total. The van der Waals surface area contributed by atoms with Crippen molar-refractivity contribution in [3.8, 4) is 0 Å². The van der Waals surface area contributed by atoms with Crippen LogP contribution in [0, 0.1) is 0 Å². The van der Waals surface area contributed by atoms with Crippen LogP contribution in [0.3, 0.4) is 0 Å². The maximum Gasteiger partial charge on any atom is 0.460 e. The van der Waals surface area contributed by atoms with E-state index in [4.69, 9.17) is 9.47 Å². The van der Waals surface area contributed by atoms with Crippen molar-refractivity contribution in [3.05, 3.63) is 0 Å². The first-order chi connectivity index (χ1) is 31.6. The summed E-state index contributed by atoms with van der Waals surface area (Å²) in [7, 11) is 0. The number of hydrogen-bond donors (Lipinski definition) is 1. The van der Waals surface area contributed by atoms with Crippen LogP contribution in [-0.4, -0.2) is 133 Å². The fourth-order valence-corrected chi connectivity index (χ4v) is 5.74. The van der Waals surface area contributed by atoms with Crippen molar-refractivity contribution < 1.29 is 164 Å². The van der Waals surface area contributed by atoms with E-state index < -0.39 is 147 Å². The van der Waals surface area contributed by atoms with E-state index in [0.29, 0.717) is 0 Å². The zero-order valence-corrected chi connectivity index (χ0v) is 35.4. The number of aliphatic hydroxyl groups excluding tert-OH is 1. The largest absolute Gasteiger partial charge is 0.460 e. The molecule has 0 saturated carbocycles. The molecule has 0 saturated heterocycles. The van der Waals surface area contributed by atoms with Crippen molar-refractivity contribution in [1.29, 1.82) is 0 Å². The molecule has 72 heavy (non-hydrogen) atoms. The molecule has 37 heteroatoms. The highest BCUT2D eigenvalue weighted by Crippen LogP contribution is 2.66. The van der Waals surface area contributed by atoms with Crippen LogP contribution in [-0.2, 0) is 9.47 Å². The van der Waals surface area contributed by atoms with Crippen molar-refractivity contribution in [2.45, 2.75) is 191 Å². The van der Waals surface area contributed by atoms with Crippen LogP contribution in [0.2, 0.25) is 0 Å². The highest BCUT2D eigenvalue weighted by Gasteiger charge is 2.96. The molecule has 0 bridgehead atoms. The maximum absolute atomic E-state index is 14.0. The fourth-order valence-electron chi connectivity index (χ4n) is 5.74. The zero-order chi connectivity index (χ0) is 57.7. The summed E-state index contributed by atoms with van der Waals surface area (Å²) >= 11 is 0. The highest BCUT2D eigenvalue weighted by molar-refractivity contribution is 5.16. The molecular weight excluding hydrogens is 1110 g/mol. The number of alkyl halides is 34. The van der Waals surface area contributed by atoms with Crippen molar-refractivity contribution in [2.75, 3.05) is 26.4 Å². The first kappa shape index (κ1) is 69.5. The van der Waals surface area contributed by atoms with Gasteiger partial charge in [-0.25, -0.2) is 0 Å². The van der Waals surface area contributed by atoms with Gasteiger partial charge in [-0.3, -0.25) is 0 Å². The van der Waals surface area contributed by atoms with Gasteiger partial charge in [0.15, 0.2) is 0 Å². The molecule has 0 aromatic carbocycles. The standard InChI is InChI=1S/C35H38F34O3/c36-20(37,22(40,41)24(44,45)26(48,49)28(52,53)30(56,57)32(60,61)34(64,65)66)13-9-5-1-3-7-11-15-71-18-19(17-70)72-16-12-8-4-2-6-10-14-21(38,39)23(42,43)25(46,47)27(50,51)29(54,55)31(58,59)33(62,63)35(67,68)69/h19,70H,1-18H2/t19-/m0/s1. The quantitative estimate of drug-likeness (QED) is 0.0516. The number of hydrogen-bond acceptors (Lipinski definition) is 3. The summed E-state index contributed by atoms with van der Waals surface area (Å²) in [5, 5.41) is 9.36. The SMILES string of the molecule is OC[C@@H](COCCCCCCCCC(F)(F)C(F)(F)C(F)(F)C(F)(F)C(F)(F)C(F)(F)C(F)(F)C(F)(F)F)OCCCCCCCCC(F)(F)C(F)(F)C(F)(F)C(F)(F)C(F)(F)C(F)(F)C(F)(F)C(F)(F)F. The van der Waals surface area contributed by atoms with E-state index in [1.807, 2.05) is 0 Å². The topological polar surface area (TPSA) is 38.7 Å². The number of halogens is 34. The van der Waals surface area contributed by atoms with Gasteiger partial charge in [-0.05, 0) is 25.7 Å². The maximum atomic E-state index is 14.0. The van der Waals surface area contributed by atoms with Crippen LogP contribution in [0.1, 0.15) is 89.9 Å². The summed E-state index contributed by atoms with van der Waals surface area (Å²) in [6, 6.07) is 0. The molecule has 0 fully saturated rings. The lowest BCUT2D eigenvalue weighted by Crippen LogP contribution is -2.74. The first-order valence-corrected chi connectivity index (χ1v) is 19.9. The van der Waals surface area contributed by atoms with Gasteiger partial charge in [0, 0.05) is 26.1 Å². The summed E-state index contributed by atoms with van der Waals surface area (Å²) in [6.07, 6.45) is -25.9. The molecule has 434 valence electrons. The van der Waals surface area contributed by atoms with Crippen LogP contribution in [0.5, 0.6) is 0 Å². The molecule has 0 aromatic heterocycles. The fraction of sp³-hybridized carbons (Fsp3) is 1.00. The second-order valence-corrected chi connectivity index (χ2v) is 15.8. The molecule has 1 atom stereocenters. The third kappa shape index (κ3) is 12.8. The summed E-state index contributed by atoms with van der Waals surface area (Å²) in [5.74, 6) is -114. The normalized spacial score (nSPS) is 16.2. The first-order valence-electron chi connectivity index (χ1n) is 19.9. The summed E-state index contributed by atoms with van der Waals surface area (Å²) in [5.41, 5.74) is 0. The van der Waals surface area contributed by atoms with E-state index in [2.05, 4.69) is 0 Å². The van der Waals surface area contributed by atoms with E-state index in [1.165, 1.54) is 0 Å². The Labute approximate surface area is 382 Å². The Balaban J connectivity index is 4.83. The van der Waals surface area contributed by atoms with E-state index in [-0.39, 0.29) is 71.2 Å². The molecule has 0 aliphatic rings. The molecule has 0 unspecified atom stereocenters. The van der Waals surface area contributed by atoms with Gasteiger partial charge in [0.1, 0.15) is 6.10 Å². The molecular formula is C35H38F34O3. The van der Waals surface area contributed by atoms with Crippen LogP contribution in [0.25, 0.3) is 0 Å². The van der Waals surface area contributed by atoms with Crippen LogP contribution in [0.15, 0.2) is 0 Å². The molecule has 0 radical (unpaired) electrons. The average molecular weight is 1150 g/mol. The van der Waals surface area contributed by atoms with Gasteiger partial charge in [0.05, 0.1) is 13.2 Å². The van der Waals surface area contributed by atoms with E-state index >= 15 is 0 Å². The Kier molecular flexibility index (Phi) is 22.2. The van der Waals surface area contributed by atoms with Crippen molar-refractivity contribution in [1.82, 2.24) is 0 Å². The van der Waals surface area contributed by atoms with E-state index in [1.54, 1.807) is 0 Å². The monoisotopic (exact) mass is 1150 g/mol. The minimum atomic E-state index is -8.73. The minimum Gasteiger partial charge on any atom is -0.394 e. The zero-order valence-electron chi connectivity index (χ0n) is 35.4. The number of aliphatic hydroxyl groups is 1. The van der Waals surface area contributed by atoms with Gasteiger partial charge >= 0.3 is 95.3 Å². The molecule has 0 amide bonds. The van der Waals surface area contributed by atoms with Gasteiger partial charge in [0.25, 0.3) is 0 Å². The molecule has 0 heterocycles. The predicted molar refractivity (Wildman–Crippen MR) is 174 cm³/mol. The molecule has 0 aromatic rings. The van der Waals surface area contributed by atoms with Crippen LogP contribution < -0.4 is 0 Å². The van der Waals surface area contributed by atoms with Gasteiger partial charge in [-0.15, -0.1) is 0 Å². The van der Waals surface area contributed by atoms with Crippen molar-refractivity contribution >= 4 is 0 Å². The van der Waals surface area contributed by atoms with Crippen molar-refractivity contribution in [3.63, 3.8) is 0 Å². The lowest BCUT2D eigenvalue weighted by Gasteiger charge is -2.42. The smallest absolute Gasteiger partial charge is 0.394 e. The molecule has 0 aliphatic heterocycles. The highest BCUT2D eigenvalue weighted by atomic mass is 19.4. The molecule has 0 spiro atoms. The lowest BCUT2D eigenvalue weighted by atomic mass is 9.87. The number of unbranched alkanes of at least 4 members (excludes halogenated alkanes) is 10. The molecule has 1 N–H and O–H groups in total. The summed E-state index contributed by atoms with van der Waals surface area (Å²) < 4.78 is 465. The Morgan fingerprint density at radius 3 is 0.750 bits per heavy atom. The van der Waals surface area contributed by atoms with Crippen LogP contribution in [0.4, 0.5) is 149 Å². The third-order valence-corrected chi connectivity index (χ3v) is 10.3. The minimum absolute atomic E-state index is 0.00801. The van der Waals surface area contributed by atoms with Crippen LogP contribution >= 0.6 is 0 Å². The Morgan fingerprint density at radius 1 is 0.264 bits per heavy atom. The third-order valence-electron chi connectivity index (χ3n) is 10.3. The average Bonchev–Trinajstić information content (AvgIpc) is 3.20. The molecule has 0 rings (SSSR count). The van der Waals surface area contributed by atoms with Gasteiger partial charge in [-0.1, -0.05) is 51.4 Å². The van der Waals surface area contributed by atoms with Gasteiger partial charge in [-0.2, -0.15) is 149 Å². The number of rotatable bonds is 34. The van der Waals surface area contributed by atoms with Gasteiger partial charge < -0.3 is 14.6 Å². The van der Waals surface area contributed by atoms with E-state index in [9.17, 15) is 154 Å². The second-order valence-electron chi connectivity index (χ2n) is 15.8. The van der Waals surface area contributed by atoms with E-state index in [0.717, 1.165) is 0 Å². The van der Waals surface area contributed by atoms with Gasteiger partial charge in [0.2, 0.25) is 0 Å². The number of ether oxygens (including phenoxy) is 2.